The zero-order valence-corrected chi connectivity index (χ0v) is 12.6. The van der Waals surface area contributed by atoms with E-state index in [4.69, 9.17) is 0 Å². The third-order valence-corrected chi connectivity index (χ3v) is 3.93. The average molecular weight is 282 g/mol. The topological polar surface area (TPSA) is 17.1 Å². The van der Waals surface area contributed by atoms with Gasteiger partial charge in [-0.1, -0.05) is 49.4 Å². The number of aryl methyl sites for hydroxylation is 1. The molecule has 0 aromatic heterocycles. The van der Waals surface area contributed by atoms with E-state index in [1.165, 1.54) is 10.5 Å². The third kappa shape index (κ3) is 3.84. The van der Waals surface area contributed by atoms with Crippen LogP contribution in [0.1, 0.15) is 28.4 Å². The van der Waals surface area contributed by atoms with Gasteiger partial charge in [-0.3, -0.25) is 4.79 Å². The predicted molar refractivity (Wildman–Crippen MR) is 87.4 cm³/mol. The maximum atomic E-state index is 12.0. The lowest BCUT2D eigenvalue weighted by Crippen LogP contribution is -1.94. The molecular formula is C18H18OS. The maximum Gasteiger partial charge on any atom is 0.185 e. The molecule has 0 radical (unpaired) electrons. The lowest BCUT2D eigenvalue weighted by atomic mass is 10.1. The molecule has 102 valence electrons. The first-order valence-corrected chi connectivity index (χ1v) is 7.91. The van der Waals surface area contributed by atoms with Gasteiger partial charge in [0.1, 0.15) is 0 Å². The molecule has 2 aromatic carbocycles. The van der Waals surface area contributed by atoms with E-state index < -0.39 is 0 Å². The average Bonchev–Trinajstić information content (AvgIpc) is 2.53. The molecule has 0 N–H and O–H groups in total. The monoisotopic (exact) mass is 282 g/mol. The van der Waals surface area contributed by atoms with Gasteiger partial charge in [-0.2, -0.15) is 0 Å². The van der Waals surface area contributed by atoms with Crippen molar-refractivity contribution in [3.8, 4) is 0 Å². The summed E-state index contributed by atoms with van der Waals surface area (Å²) in [7, 11) is 0. The molecule has 1 nitrogen and oxygen atoms in total. The summed E-state index contributed by atoms with van der Waals surface area (Å²) in [6, 6.07) is 16.0. The minimum atomic E-state index is 0.0431. The summed E-state index contributed by atoms with van der Waals surface area (Å²) in [4.78, 5) is 13.3. The number of thioether (sulfide) groups is 1. The first-order valence-electron chi connectivity index (χ1n) is 6.68. The summed E-state index contributed by atoms with van der Waals surface area (Å²) in [6.07, 6.45) is 6.54. The van der Waals surface area contributed by atoms with Crippen LogP contribution in [0.4, 0.5) is 0 Å². The van der Waals surface area contributed by atoms with Gasteiger partial charge in [0.05, 0.1) is 0 Å². The molecule has 0 aliphatic heterocycles. The van der Waals surface area contributed by atoms with Crippen LogP contribution in [0.25, 0.3) is 6.08 Å². The largest absolute Gasteiger partial charge is 0.289 e. The van der Waals surface area contributed by atoms with Crippen molar-refractivity contribution in [3.63, 3.8) is 0 Å². The van der Waals surface area contributed by atoms with Crippen molar-refractivity contribution in [3.05, 3.63) is 71.3 Å². The van der Waals surface area contributed by atoms with Gasteiger partial charge >= 0.3 is 0 Å². The molecule has 2 rings (SSSR count). The standard InChI is InChI=1S/C18H18OS/c1-3-14-4-9-16(10-5-14)18(19)13-8-15-6-11-17(20-2)12-7-15/h4-13H,3H2,1-2H3. The predicted octanol–water partition coefficient (Wildman–Crippen LogP) is 4.87. The van der Waals surface area contributed by atoms with E-state index in [0.717, 1.165) is 17.5 Å². The van der Waals surface area contributed by atoms with Gasteiger partial charge in [-0.05, 0) is 42.0 Å². The van der Waals surface area contributed by atoms with Gasteiger partial charge in [0.25, 0.3) is 0 Å². The van der Waals surface area contributed by atoms with Crippen LogP contribution in [0.2, 0.25) is 0 Å². The summed E-state index contributed by atoms with van der Waals surface area (Å²) in [5.41, 5.74) is 3.03. The Labute approximate surface area is 124 Å². The van der Waals surface area contributed by atoms with E-state index in [1.54, 1.807) is 17.8 Å². The molecule has 0 saturated carbocycles. The summed E-state index contributed by atoms with van der Waals surface area (Å²) >= 11 is 1.71. The molecule has 0 heterocycles. The molecule has 0 atom stereocenters. The van der Waals surface area contributed by atoms with Crippen LogP contribution >= 0.6 is 11.8 Å². The number of allylic oxidation sites excluding steroid dienone is 1. The third-order valence-electron chi connectivity index (χ3n) is 3.19. The fraction of sp³-hybridized carbons (Fsp3) is 0.167. The Morgan fingerprint density at radius 1 is 1.05 bits per heavy atom. The fourth-order valence-electron chi connectivity index (χ4n) is 1.89. The Balaban J connectivity index is 2.07. The van der Waals surface area contributed by atoms with Crippen LogP contribution in [0, 0.1) is 0 Å². The van der Waals surface area contributed by atoms with Gasteiger partial charge in [0.15, 0.2) is 5.78 Å². The Kier molecular flexibility index (Phi) is 5.19. The SMILES string of the molecule is CCc1ccc(C(=O)C=Cc2ccc(SC)cc2)cc1. The highest BCUT2D eigenvalue weighted by molar-refractivity contribution is 7.98. The molecule has 0 fully saturated rings. The number of carbonyl (C=O) groups excluding carboxylic acids is 1. The number of carbonyl (C=O) groups is 1. The summed E-state index contributed by atoms with van der Waals surface area (Å²) in [5.74, 6) is 0.0431. The van der Waals surface area contributed by atoms with Crippen LogP contribution in [-0.2, 0) is 6.42 Å². The molecular weight excluding hydrogens is 264 g/mol. The lowest BCUT2D eigenvalue weighted by Gasteiger charge is -1.99. The van der Waals surface area contributed by atoms with Gasteiger partial charge in [0.2, 0.25) is 0 Å². The molecule has 2 aromatic rings. The maximum absolute atomic E-state index is 12.0. The number of rotatable bonds is 5. The Morgan fingerprint density at radius 2 is 1.70 bits per heavy atom. The van der Waals surface area contributed by atoms with Crippen molar-refractivity contribution in [1.82, 2.24) is 0 Å². The van der Waals surface area contributed by atoms with Crippen molar-refractivity contribution in [1.29, 1.82) is 0 Å². The van der Waals surface area contributed by atoms with Gasteiger partial charge in [-0.15, -0.1) is 11.8 Å². The second kappa shape index (κ2) is 7.11. The lowest BCUT2D eigenvalue weighted by molar-refractivity contribution is 0.104. The Hall–Kier alpha value is -1.80. The number of hydrogen-bond acceptors (Lipinski definition) is 2. The van der Waals surface area contributed by atoms with Crippen molar-refractivity contribution in [2.75, 3.05) is 6.26 Å². The number of hydrogen-bond donors (Lipinski definition) is 0. The first-order chi connectivity index (χ1) is 9.72. The van der Waals surface area contributed by atoms with Crippen LogP contribution in [0.15, 0.2) is 59.5 Å². The minimum Gasteiger partial charge on any atom is -0.289 e. The van der Waals surface area contributed by atoms with Crippen molar-refractivity contribution >= 4 is 23.6 Å². The highest BCUT2D eigenvalue weighted by Gasteiger charge is 2.01. The van der Waals surface area contributed by atoms with Crippen LogP contribution in [0.3, 0.4) is 0 Å². The van der Waals surface area contributed by atoms with Crippen LogP contribution in [-0.4, -0.2) is 12.0 Å². The molecule has 0 bridgehead atoms. The Bertz CT molecular complexity index is 594. The van der Waals surface area contributed by atoms with E-state index >= 15 is 0 Å². The van der Waals surface area contributed by atoms with Gasteiger partial charge < -0.3 is 0 Å². The second-order valence-electron chi connectivity index (χ2n) is 4.52. The van der Waals surface area contributed by atoms with E-state index in [9.17, 15) is 4.79 Å². The minimum absolute atomic E-state index is 0.0431. The van der Waals surface area contributed by atoms with Crippen LogP contribution in [0.5, 0.6) is 0 Å². The molecule has 0 saturated heterocycles. The summed E-state index contributed by atoms with van der Waals surface area (Å²) in [6.45, 7) is 2.11. The molecule has 0 aliphatic carbocycles. The highest BCUT2D eigenvalue weighted by atomic mass is 32.2. The highest BCUT2D eigenvalue weighted by Crippen LogP contribution is 2.16. The first kappa shape index (κ1) is 14.6. The second-order valence-corrected chi connectivity index (χ2v) is 5.40. The van der Waals surface area contributed by atoms with Gasteiger partial charge in [0, 0.05) is 10.5 Å². The van der Waals surface area contributed by atoms with Crippen molar-refractivity contribution in [2.24, 2.45) is 0 Å². The van der Waals surface area contributed by atoms with E-state index in [-0.39, 0.29) is 5.78 Å². The summed E-state index contributed by atoms with van der Waals surface area (Å²) < 4.78 is 0. The molecule has 0 spiro atoms. The summed E-state index contributed by atoms with van der Waals surface area (Å²) in [5, 5.41) is 0. The Morgan fingerprint density at radius 3 is 2.25 bits per heavy atom. The number of benzene rings is 2. The molecule has 20 heavy (non-hydrogen) atoms. The molecule has 0 unspecified atom stereocenters. The van der Waals surface area contributed by atoms with Gasteiger partial charge in [-0.25, -0.2) is 0 Å². The zero-order valence-electron chi connectivity index (χ0n) is 11.8. The fourth-order valence-corrected chi connectivity index (χ4v) is 2.30. The zero-order chi connectivity index (χ0) is 14.4. The molecule has 0 amide bonds. The number of ketones is 1. The van der Waals surface area contributed by atoms with Crippen molar-refractivity contribution in [2.45, 2.75) is 18.2 Å². The smallest absolute Gasteiger partial charge is 0.185 e. The van der Waals surface area contributed by atoms with E-state index in [0.29, 0.717) is 0 Å². The van der Waals surface area contributed by atoms with Crippen LogP contribution < -0.4 is 0 Å². The molecule has 0 aliphatic rings. The van der Waals surface area contributed by atoms with Crippen molar-refractivity contribution < 1.29 is 4.79 Å². The van der Waals surface area contributed by atoms with E-state index in [1.807, 2.05) is 48.7 Å². The molecule has 2 heteroatoms. The quantitative estimate of drug-likeness (QED) is 0.442. The van der Waals surface area contributed by atoms with E-state index in [2.05, 4.69) is 19.1 Å². The normalized spacial score (nSPS) is 10.9.